The minimum Gasteiger partial charge on any atom is -0.508 e. The van der Waals surface area contributed by atoms with Gasteiger partial charge in [0.05, 0.1) is 5.69 Å². The van der Waals surface area contributed by atoms with E-state index in [1.54, 1.807) is 11.0 Å². The van der Waals surface area contributed by atoms with Crippen molar-refractivity contribution >= 4 is 29.1 Å². The third kappa shape index (κ3) is 3.28. The Morgan fingerprint density at radius 3 is 2.75 bits per heavy atom. The zero-order valence-corrected chi connectivity index (χ0v) is 16.2. The predicted molar refractivity (Wildman–Crippen MR) is 106 cm³/mol. The van der Waals surface area contributed by atoms with Crippen LogP contribution in [0.25, 0.3) is 11.3 Å². The van der Waals surface area contributed by atoms with Gasteiger partial charge in [-0.3, -0.25) is 4.79 Å². The van der Waals surface area contributed by atoms with Crippen molar-refractivity contribution in [2.24, 2.45) is 0 Å². The predicted octanol–water partition coefficient (Wildman–Crippen LogP) is 3.28. The molecular formula is C20H17Cl2N3O3. The highest BCUT2D eigenvalue weighted by atomic mass is 35.5. The Balaban J connectivity index is 1.58. The molecule has 1 aromatic heterocycles. The number of carbonyl (C=O) groups excluding carboxylic acids is 1. The van der Waals surface area contributed by atoms with Gasteiger partial charge in [-0.1, -0.05) is 41.9 Å². The molecule has 1 aliphatic heterocycles. The van der Waals surface area contributed by atoms with E-state index in [0.29, 0.717) is 24.2 Å². The Labute approximate surface area is 171 Å². The molecule has 4 rings (SSSR count). The van der Waals surface area contributed by atoms with Crippen molar-refractivity contribution in [1.29, 1.82) is 0 Å². The van der Waals surface area contributed by atoms with Crippen molar-refractivity contribution in [2.45, 2.75) is 16.9 Å². The van der Waals surface area contributed by atoms with Crippen LogP contribution in [0.15, 0.2) is 65.7 Å². The third-order valence-corrected chi connectivity index (χ3v) is 6.08. The minimum atomic E-state index is -2.02. The van der Waals surface area contributed by atoms with Gasteiger partial charge >= 0.3 is 0 Å². The normalized spacial score (nSPS) is 24.6. The van der Waals surface area contributed by atoms with Crippen LogP contribution in [-0.4, -0.2) is 54.5 Å². The van der Waals surface area contributed by atoms with Gasteiger partial charge in [0.2, 0.25) is 5.06 Å². The maximum Gasteiger partial charge on any atom is 0.272 e. The number of rotatable bonds is 2. The number of hydrogen-bond acceptors (Lipinski definition) is 5. The van der Waals surface area contributed by atoms with Gasteiger partial charge < -0.3 is 15.1 Å². The summed E-state index contributed by atoms with van der Waals surface area (Å²) in [5, 5.41) is 17.1. The van der Waals surface area contributed by atoms with Crippen molar-refractivity contribution in [3.8, 4) is 11.3 Å². The lowest BCUT2D eigenvalue weighted by molar-refractivity contribution is 0.0746. The minimum absolute atomic E-state index is 0.239. The van der Waals surface area contributed by atoms with E-state index in [0.717, 1.165) is 11.1 Å². The number of carbonyl (C=O) groups is 1. The van der Waals surface area contributed by atoms with Crippen LogP contribution in [-0.2, 0) is 0 Å². The first kappa shape index (κ1) is 18.9. The average Bonchev–Trinajstić information content (AvgIpc) is 2.72. The molecule has 2 aliphatic rings. The molecule has 2 unspecified atom stereocenters. The fraction of sp³-hybridized carbons (Fsp3) is 0.250. The molecule has 0 spiro atoms. The molecule has 1 aliphatic carbocycles. The lowest BCUT2D eigenvalue weighted by Crippen LogP contribution is -2.45. The Morgan fingerprint density at radius 2 is 2.00 bits per heavy atom. The molecule has 1 aromatic carbocycles. The van der Waals surface area contributed by atoms with E-state index in [2.05, 4.69) is 9.97 Å². The molecule has 2 atom stereocenters. The summed E-state index contributed by atoms with van der Waals surface area (Å²) in [6.45, 7) is 0.659. The SMILES string of the molecule is O=C(c1cc(-c2ccccc2)ncn1)N1CCC2=C(C=C(O)C(O)(Cl)C2Cl)C1. The number of aliphatic hydroxyl groups is 2. The number of halogens is 2. The molecule has 2 aromatic rings. The van der Waals surface area contributed by atoms with Crippen molar-refractivity contribution in [2.75, 3.05) is 13.1 Å². The second-order valence-corrected chi connectivity index (χ2v) is 7.76. The van der Waals surface area contributed by atoms with Crippen LogP contribution in [0, 0.1) is 0 Å². The quantitative estimate of drug-likeness (QED) is 0.732. The molecule has 1 amide bonds. The molecule has 0 fully saturated rings. The first-order valence-corrected chi connectivity index (χ1v) is 9.54. The van der Waals surface area contributed by atoms with E-state index < -0.39 is 16.2 Å². The van der Waals surface area contributed by atoms with Gasteiger partial charge in [-0.15, -0.1) is 11.6 Å². The highest BCUT2D eigenvalue weighted by molar-refractivity contribution is 6.34. The summed E-state index contributed by atoms with van der Waals surface area (Å²) in [6, 6.07) is 11.2. The monoisotopic (exact) mass is 417 g/mol. The molecule has 0 saturated heterocycles. The molecule has 6 nitrogen and oxygen atoms in total. The third-order valence-electron chi connectivity index (χ3n) is 4.98. The van der Waals surface area contributed by atoms with Crippen LogP contribution in [0.1, 0.15) is 16.9 Å². The lowest BCUT2D eigenvalue weighted by atomic mass is 9.88. The number of hydrogen-bond donors (Lipinski definition) is 2. The second-order valence-electron chi connectivity index (χ2n) is 6.75. The van der Waals surface area contributed by atoms with Crippen molar-refractivity contribution in [3.05, 3.63) is 71.4 Å². The lowest BCUT2D eigenvalue weighted by Gasteiger charge is -2.38. The summed E-state index contributed by atoms with van der Waals surface area (Å²) < 4.78 is 0. The number of aliphatic hydroxyl groups excluding tert-OH is 1. The molecule has 28 heavy (non-hydrogen) atoms. The molecule has 0 radical (unpaired) electrons. The molecule has 144 valence electrons. The first-order valence-electron chi connectivity index (χ1n) is 8.73. The van der Waals surface area contributed by atoms with Crippen LogP contribution < -0.4 is 0 Å². The van der Waals surface area contributed by atoms with Gasteiger partial charge in [0, 0.05) is 18.7 Å². The van der Waals surface area contributed by atoms with Crippen LogP contribution in [0.5, 0.6) is 0 Å². The van der Waals surface area contributed by atoms with Gasteiger partial charge in [0.15, 0.2) is 0 Å². The van der Waals surface area contributed by atoms with Crippen LogP contribution in [0.4, 0.5) is 0 Å². The zero-order valence-electron chi connectivity index (χ0n) is 14.7. The standard InChI is InChI=1S/C20H17Cl2N3O3/c21-18-14-6-7-25(10-13(14)8-17(26)20(18,22)28)19(27)16-9-15(23-11-24-16)12-4-2-1-3-5-12/h1-5,8-9,11,18,26,28H,6-7,10H2. The van der Waals surface area contributed by atoms with Crippen molar-refractivity contribution in [3.63, 3.8) is 0 Å². The average molecular weight is 418 g/mol. The van der Waals surface area contributed by atoms with Crippen LogP contribution in [0.3, 0.4) is 0 Å². The Morgan fingerprint density at radius 1 is 1.25 bits per heavy atom. The molecule has 8 heteroatoms. The number of aromatic nitrogens is 2. The van der Waals surface area contributed by atoms with E-state index in [9.17, 15) is 15.0 Å². The molecule has 2 heterocycles. The number of nitrogens with zero attached hydrogens (tertiary/aromatic N) is 3. The van der Waals surface area contributed by atoms with Gasteiger partial charge in [0.25, 0.3) is 5.91 Å². The summed E-state index contributed by atoms with van der Waals surface area (Å²) in [7, 11) is 0. The number of amides is 1. The summed E-state index contributed by atoms with van der Waals surface area (Å²) in [6.07, 6.45) is 3.21. The maximum atomic E-state index is 13.0. The first-order chi connectivity index (χ1) is 13.4. The fourth-order valence-corrected chi connectivity index (χ4v) is 3.98. The highest BCUT2D eigenvalue weighted by Crippen LogP contribution is 2.41. The Hall–Kier alpha value is -2.41. The van der Waals surface area contributed by atoms with Gasteiger partial charge in [-0.05, 0) is 29.7 Å². The second kappa shape index (κ2) is 7.20. The summed E-state index contributed by atoms with van der Waals surface area (Å²) in [5.74, 6) is -0.660. The zero-order chi connectivity index (χ0) is 19.9. The summed E-state index contributed by atoms with van der Waals surface area (Å²) in [5.41, 5.74) is 3.26. The maximum absolute atomic E-state index is 13.0. The number of benzene rings is 1. The Bertz CT molecular complexity index is 989. The molecular weight excluding hydrogens is 401 g/mol. The van der Waals surface area contributed by atoms with E-state index in [1.165, 1.54) is 12.4 Å². The smallest absolute Gasteiger partial charge is 0.272 e. The highest BCUT2D eigenvalue weighted by Gasteiger charge is 2.45. The molecule has 2 N–H and O–H groups in total. The molecule has 0 bridgehead atoms. The van der Waals surface area contributed by atoms with E-state index in [-0.39, 0.29) is 18.1 Å². The summed E-state index contributed by atoms with van der Waals surface area (Å²) >= 11 is 12.2. The topological polar surface area (TPSA) is 86.6 Å². The van der Waals surface area contributed by atoms with E-state index in [1.807, 2.05) is 30.3 Å². The van der Waals surface area contributed by atoms with E-state index in [4.69, 9.17) is 23.2 Å². The van der Waals surface area contributed by atoms with Gasteiger partial charge in [-0.25, -0.2) is 9.97 Å². The van der Waals surface area contributed by atoms with Crippen LogP contribution >= 0.6 is 23.2 Å². The summed E-state index contributed by atoms with van der Waals surface area (Å²) in [4.78, 5) is 23.0. The van der Waals surface area contributed by atoms with Crippen molar-refractivity contribution < 1.29 is 15.0 Å². The fourth-order valence-electron chi connectivity index (χ4n) is 3.43. The van der Waals surface area contributed by atoms with Gasteiger partial charge in [-0.2, -0.15) is 0 Å². The van der Waals surface area contributed by atoms with E-state index >= 15 is 0 Å². The number of alkyl halides is 2. The van der Waals surface area contributed by atoms with Gasteiger partial charge in [0.1, 0.15) is 23.2 Å². The Kier molecular flexibility index (Phi) is 4.87. The van der Waals surface area contributed by atoms with Crippen molar-refractivity contribution in [1.82, 2.24) is 14.9 Å². The molecule has 0 saturated carbocycles. The largest absolute Gasteiger partial charge is 0.508 e. The van der Waals surface area contributed by atoms with Crippen LogP contribution in [0.2, 0.25) is 0 Å².